The van der Waals surface area contributed by atoms with Crippen LogP contribution in [0.25, 0.3) is 0 Å². The standard InChI is InChI=1S/C13H15N3O3/c1-3-10-6-4-5-9(2)13(10)14-11(17)7-16-8-12(18)19-15-16/h4-6,8H,3,7H2,1-2H3,(H-,14,15,17,18)/p+1. The molecule has 2 rings (SSSR count). The lowest BCUT2D eigenvalue weighted by atomic mass is 10.1. The Kier molecular flexibility index (Phi) is 3.79. The normalized spacial score (nSPS) is 10.4. The number of nitrogens with one attached hydrogen (secondary N) is 2. The molecule has 100 valence electrons. The first-order chi connectivity index (χ1) is 9.10. The van der Waals surface area contributed by atoms with E-state index in [1.54, 1.807) is 0 Å². The number of carbonyl (C=O) groups excluding carboxylic acids is 1. The number of amides is 1. The molecule has 0 bridgehead atoms. The third kappa shape index (κ3) is 3.09. The fourth-order valence-electron chi connectivity index (χ4n) is 1.90. The maximum absolute atomic E-state index is 11.9. The molecule has 19 heavy (non-hydrogen) atoms. The van der Waals surface area contributed by atoms with Gasteiger partial charge in [-0.15, -0.1) is 0 Å². The summed E-state index contributed by atoms with van der Waals surface area (Å²) in [5.41, 5.74) is 2.41. The number of aromatic amines is 1. The highest BCUT2D eigenvalue weighted by atomic mass is 16.5. The number of benzene rings is 1. The summed E-state index contributed by atoms with van der Waals surface area (Å²) in [6.07, 6.45) is 2.03. The van der Waals surface area contributed by atoms with Gasteiger partial charge in [0, 0.05) is 5.69 Å². The molecule has 0 aliphatic heterocycles. The number of rotatable bonds is 4. The van der Waals surface area contributed by atoms with Crippen LogP contribution < -0.4 is 15.6 Å². The monoisotopic (exact) mass is 262 g/mol. The van der Waals surface area contributed by atoms with Crippen LogP contribution in [0.1, 0.15) is 18.1 Å². The van der Waals surface area contributed by atoms with E-state index >= 15 is 0 Å². The van der Waals surface area contributed by atoms with Crippen LogP contribution in [0.3, 0.4) is 0 Å². The van der Waals surface area contributed by atoms with Crippen molar-refractivity contribution >= 4 is 11.6 Å². The minimum atomic E-state index is -0.516. The predicted octanol–water partition coefficient (Wildman–Crippen LogP) is 0.765. The minimum Gasteiger partial charge on any atom is -0.320 e. The largest absolute Gasteiger partial charge is 0.426 e. The molecule has 1 aromatic carbocycles. The first kappa shape index (κ1) is 13.1. The maximum atomic E-state index is 11.9. The molecule has 0 atom stereocenters. The lowest BCUT2D eigenvalue weighted by Gasteiger charge is -2.11. The summed E-state index contributed by atoms with van der Waals surface area (Å²) < 4.78 is 5.78. The van der Waals surface area contributed by atoms with Crippen molar-refractivity contribution in [2.75, 3.05) is 5.32 Å². The van der Waals surface area contributed by atoms with Crippen molar-refractivity contribution in [1.82, 2.24) is 5.27 Å². The van der Waals surface area contributed by atoms with Gasteiger partial charge in [0.25, 0.3) is 18.6 Å². The molecule has 2 N–H and O–H groups in total. The van der Waals surface area contributed by atoms with Crippen LogP contribution >= 0.6 is 0 Å². The first-order valence-corrected chi connectivity index (χ1v) is 6.06. The van der Waals surface area contributed by atoms with Gasteiger partial charge in [-0.3, -0.25) is 9.32 Å². The molecule has 1 amide bonds. The van der Waals surface area contributed by atoms with Crippen molar-refractivity contribution in [3.8, 4) is 0 Å². The second kappa shape index (κ2) is 5.51. The van der Waals surface area contributed by atoms with Gasteiger partial charge in [-0.25, -0.2) is 4.79 Å². The number of anilines is 1. The van der Waals surface area contributed by atoms with Gasteiger partial charge in [0.2, 0.25) is 0 Å². The number of para-hydroxylation sites is 1. The minimum absolute atomic E-state index is 0.00320. The summed E-state index contributed by atoms with van der Waals surface area (Å²) in [5, 5.41) is 5.20. The summed E-state index contributed by atoms with van der Waals surface area (Å²) in [4.78, 5) is 22.8. The lowest BCUT2D eigenvalue weighted by Crippen LogP contribution is -2.41. The maximum Gasteiger partial charge on any atom is 0.426 e. The number of nitrogens with zero attached hydrogens (tertiary/aromatic N) is 1. The SMILES string of the molecule is CCc1cccc(C)c1NC(=O)C[n+]1cc(=O)o[nH]1. The molecule has 6 heteroatoms. The van der Waals surface area contributed by atoms with Gasteiger partial charge in [-0.2, -0.15) is 0 Å². The molecule has 1 heterocycles. The van der Waals surface area contributed by atoms with Crippen LogP contribution in [-0.4, -0.2) is 11.2 Å². The van der Waals surface area contributed by atoms with Crippen LogP contribution in [0.2, 0.25) is 0 Å². The number of carbonyl (C=O) groups is 1. The van der Waals surface area contributed by atoms with Crippen molar-refractivity contribution in [3.63, 3.8) is 0 Å². The van der Waals surface area contributed by atoms with Crippen molar-refractivity contribution in [1.29, 1.82) is 0 Å². The van der Waals surface area contributed by atoms with Crippen LogP contribution in [-0.2, 0) is 17.8 Å². The summed E-state index contributed by atoms with van der Waals surface area (Å²) >= 11 is 0. The van der Waals surface area contributed by atoms with Gasteiger partial charge in [-0.1, -0.05) is 29.8 Å². The van der Waals surface area contributed by atoms with Gasteiger partial charge >= 0.3 is 5.63 Å². The number of hydrogen-bond acceptors (Lipinski definition) is 3. The molecular formula is C13H16N3O3+. The molecule has 0 radical (unpaired) electrons. The van der Waals surface area contributed by atoms with Gasteiger partial charge < -0.3 is 5.32 Å². The molecule has 0 unspecified atom stereocenters. The molecular weight excluding hydrogens is 246 g/mol. The number of aromatic nitrogens is 2. The van der Waals surface area contributed by atoms with E-state index in [2.05, 4.69) is 15.1 Å². The van der Waals surface area contributed by atoms with Crippen molar-refractivity contribution in [2.24, 2.45) is 0 Å². The zero-order valence-corrected chi connectivity index (χ0v) is 10.9. The van der Waals surface area contributed by atoms with Crippen LogP contribution in [0.4, 0.5) is 5.69 Å². The Morgan fingerprint density at radius 2 is 2.26 bits per heavy atom. The van der Waals surface area contributed by atoms with Crippen molar-refractivity contribution in [2.45, 2.75) is 26.8 Å². The highest BCUT2D eigenvalue weighted by Gasteiger charge is 2.15. The molecule has 0 fully saturated rings. The zero-order valence-electron chi connectivity index (χ0n) is 10.9. The van der Waals surface area contributed by atoms with Crippen LogP contribution in [0.5, 0.6) is 0 Å². The molecule has 0 spiro atoms. The second-order valence-electron chi connectivity index (χ2n) is 4.28. The quantitative estimate of drug-likeness (QED) is 0.799. The molecule has 1 aromatic heterocycles. The molecule has 2 aromatic rings. The zero-order chi connectivity index (χ0) is 13.8. The van der Waals surface area contributed by atoms with E-state index in [1.807, 2.05) is 32.0 Å². The summed E-state index contributed by atoms with van der Waals surface area (Å²) in [5.74, 6) is -0.217. The molecule has 0 saturated heterocycles. The highest BCUT2D eigenvalue weighted by molar-refractivity contribution is 5.91. The van der Waals surface area contributed by atoms with E-state index < -0.39 is 5.63 Å². The molecule has 0 aliphatic rings. The van der Waals surface area contributed by atoms with Crippen LogP contribution in [0, 0.1) is 6.92 Å². The number of aryl methyl sites for hydroxylation is 2. The van der Waals surface area contributed by atoms with Crippen molar-refractivity contribution < 1.29 is 14.0 Å². The smallest absolute Gasteiger partial charge is 0.320 e. The van der Waals surface area contributed by atoms with Gasteiger partial charge in [0.05, 0.1) is 0 Å². The fourth-order valence-corrected chi connectivity index (χ4v) is 1.90. The average Bonchev–Trinajstić information content (AvgIpc) is 2.77. The second-order valence-corrected chi connectivity index (χ2v) is 4.28. The Labute approximate surface area is 110 Å². The third-order valence-corrected chi connectivity index (χ3v) is 2.84. The Bertz CT molecular complexity index is 643. The molecule has 0 aliphatic carbocycles. The molecule has 0 saturated carbocycles. The third-order valence-electron chi connectivity index (χ3n) is 2.84. The summed E-state index contributed by atoms with van der Waals surface area (Å²) in [6, 6.07) is 5.89. The average molecular weight is 262 g/mol. The number of H-pyrrole nitrogens is 1. The van der Waals surface area contributed by atoms with E-state index in [1.165, 1.54) is 10.9 Å². The van der Waals surface area contributed by atoms with E-state index in [0.717, 1.165) is 23.2 Å². The van der Waals surface area contributed by atoms with Crippen molar-refractivity contribution in [3.05, 3.63) is 45.9 Å². The Morgan fingerprint density at radius 3 is 2.89 bits per heavy atom. The van der Waals surface area contributed by atoms with Gasteiger partial charge in [0.1, 0.15) is 0 Å². The Morgan fingerprint density at radius 1 is 1.47 bits per heavy atom. The molecule has 6 nitrogen and oxygen atoms in total. The number of hydrogen-bond donors (Lipinski definition) is 2. The van der Waals surface area contributed by atoms with E-state index in [0.29, 0.717) is 0 Å². The van der Waals surface area contributed by atoms with Gasteiger partial charge in [-0.05, 0) is 29.7 Å². The Balaban J connectivity index is 2.13. The topological polar surface area (TPSA) is 79.0 Å². The van der Waals surface area contributed by atoms with E-state index in [9.17, 15) is 9.59 Å². The van der Waals surface area contributed by atoms with Crippen LogP contribution in [0.15, 0.2) is 33.7 Å². The summed E-state index contributed by atoms with van der Waals surface area (Å²) in [6.45, 7) is 3.98. The van der Waals surface area contributed by atoms with Gasteiger partial charge in [0.15, 0.2) is 0 Å². The van der Waals surface area contributed by atoms with E-state index in [4.69, 9.17) is 0 Å². The summed E-state index contributed by atoms with van der Waals surface area (Å²) in [7, 11) is 0. The highest BCUT2D eigenvalue weighted by Crippen LogP contribution is 2.20. The predicted molar refractivity (Wildman–Crippen MR) is 68.7 cm³/mol. The lowest BCUT2D eigenvalue weighted by molar-refractivity contribution is -0.750. The van der Waals surface area contributed by atoms with E-state index in [-0.39, 0.29) is 12.5 Å². The fraction of sp³-hybridized carbons (Fsp3) is 0.308. The Hall–Kier alpha value is -2.37. The first-order valence-electron chi connectivity index (χ1n) is 6.06.